The molecule has 0 aromatic heterocycles. The zero-order valence-electron chi connectivity index (χ0n) is 10.8. The summed E-state index contributed by atoms with van der Waals surface area (Å²) in [6, 6.07) is 12.2. The Bertz CT molecular complexity index is 633. The molecule has 0 amide bonds. The fourth-order valence-electron chi connectivity index (χ4n) is 1.92. The molecule has 1 unspecified atom stereocenters. The van der Waals surface area contributed by atoms with Crippen LogP contribution in [-0.4, -0.2) is 4.21 Å². The second kappa shape index (κ2) is 6.97. The predicted molar refractivity (Wildman–Crippen MR) is 81.3 cm³/mol. The van der Waals surface area contributed by atoms with E-state index in [1.807, 2.05) is 18.2 Å². The van der Waals surface area contributed by atoms with Gasteiger partial charge < -0.3 is 5.73 Å². The van der Waals surface area contributed by atoms with Crippen LogP contribution in [0.3, 0.4) is 0 Å². The van der Waals surface area contributed by atoms with Gasteiger partial charge in [-0.15, -0.1) is 0 Å². The van der Waals surface area contributed by atoms with Crippen molar-refractivity contribution in [3.8, 4) is 0 Å². The summed E-state index contributed by atoms with van der Waals surface area (Å²) < 4.78 is 26.2. The fourth-order valence-corrected chi connectivity index (χ4v) is 3.47. The van der Waals surface area contributed by atoms with Crippen molar-refractivity contribution in [3.63, 3.8) is 0 Å². The molecule has 5 heteroatoms. The number of rotatable bonds is 5. The molecule has 2 aromatic rings. The molecule has 106 valence electrons. The van der Waals surface area contributed by atoms with Gasteiger partial charge in [0.25, 0.3) is 0 Å². The van der Waals surface area contributed by atoms with E-state index in [9.17, 15) is 8.60 Å². The van der Waals surface area contributed by atoms with Crippen molar-refractivity contribution in [2.75, 3.05) is 0 Å². The summed E-state index contributed by atoms with van der Waals surface area (Å²) in [6.45, 7) is 0.136. The molecule has 2 nitrogen and oxygen atoms in total. The van der Waals surface area contributed by atoms with Crippen molar-refractivity contribution < 1.29 is 8.60 Å². The van der Waals surface area contributed by atoms with E-state index in [1.54, 1.807) is 24.3 Å². The highest BCUT2D eigenvalue weighted by molar-refractivity contribution is 7.83. The number of halogens is 2. The van der Waals surface area contributed by atoms with Gasteiger partial charge in [-0.05, 0) is 11.6 Å². The smallest absolute Gasteiger partial charge is 0.131 e. The normalized spacial score (nSPS) is 12.3. The van der Waals surface area contributed by atoms with E-state index in [0.29, 0.717) is 21.9 Å². The minimum Gasteiger partial charge on any atom is -0.326 e. The van der Waals surface area contributed by atoms with Crippen LogP contribution in [0.2, 0.25) is 5.02 Å². The quantitative estimate of drug-likeness (QED) is 0.920. The number of benzene rings is 2. The third-order valence-corrected chi connectivity index (χ3v) is 4.60. The molecule has 0 bridgehead atoms. The largest absolute Gasteiger partial charge is 0.326 e. The van der Waals surface area contributed by atoms with Gasteiger partial charge in [0.2, 0.25) is 0 Å². The monoisotopic (exact) mass is 311 g/mol. The standard InChI is InChI=1S/C15H15ClFNOS/c16-14-7-2-1-4-12(14)9-20(19)10-13-6-3-5-11(8-18)15(13)17/h1-7H,8-10,18H2. The summed E-state index contributed by atoms with van der Waals surface area (Å²) in [5, 5.41) is 0.581. The van der Waals surface area contributed by atoms with E-state index in [4.69, 9.17) is 17.3 Å². The lowest BCUT2D eigenvalue weighted by molar-refractivity contribution is 0.598. The van der Waals surface area contributed by atoms with Crippen LogP contribution >= 0.6 is 11.6 Å². The van der Waals surface area contributed by atoms with Crippen molar-refractivity contribution >= 4 is 22.4 Å². The molecule has 1 atom stereocenters. The highest BCUT2D eigenvalue weighted by Gasteiger charge is 2.11. The summed E-state index contributed by atoms with van der Waals surface area (Å²) in [6.07, 6.45) is 0. The molecular formula is C15H15ClFNOS. The van der Waals surface area contributed by atoms with Gasteiger partial charge in [0.15, 0.2) is 0 Å². The Balaban J connectivity index is 2.11. The maximum Gasteiger partial charge on any atom is 0.131 e. The third-order valence-electron chi connectivity index (χ3n) is 2.97. The number of hydrogen-bond acceptors (Lipinski definition) is 2. The van der Waals surface area contributed by atoms with Gasteiger partial charge in [-0.1, -0.05) is 48.0 Å². The maximum atomic E-state index is 14.0. The first-order chi connectivity index (χ1) is 9.61. The third kappa shape index (κ3) is 3.66. The molecule has 0 saturated heterocycles. The lowest BCUT2D eigenvalue weighted by Gasteiger charge is -2.08. The molecule has 0 aliphatic carbocycles. The summed E-state index contributed by atoms with van der Waals surface area (Å²) in [5.74, 6) is 0.110. The van der Waals surface area contributed by atoms with Gasteiger partial charge in [-0.25, -0.2) is 4.39 Å². The lowest BCUT2D eigenvalue weighted by Crippen LogP contribution is -2.06. The van der Waals surface area contributed by atoms with E-state index in [-0.39, 0.29) is 18.1 Å². The summed E-state index contributed by atoms with van der Waals surface area (Å²) in [7, 11) is -1.22. The fraction of sp³-hybridized carbons (Fsp3) is 0.200. The van der Waals surface area contributed by atoms with Crippen LogP contribution in [-0.2, 0) is 28.9 Å². The number of nitrogens with two attached hydrogens (primary N) is 1. The highest BCUT2D eigenvalue weighted by Crippen LogP contribution is 2.19. The first-order valence-electron chi connectivity index (χ1n) is 6.16. The van der Waals surface area contributed by atoms with Crippen LogP contribution < -0.4 is 5.73 Å². The van der Waals surface area contributed by atoms with Gasteiger partial charge in [-0.3, -0.25) is 4.21 Å². The molecule has 0 heterocycles. The Morgan fingerprint density at radius 2 is 1.60 bits per heavy atom. The second-order valence-corrected chi connectivity index (χ2v) is 6.28. The summed E-state index contributed by atoms with van der Waals surface area (Å²) in [4.78, 5) is 0. The van der Waals surface area contributed by atoms with Crippen LogP contribution in [0.25, 0.3) is 0 Å². The first kappa shape index (κ1) is 15.2. The Kier molecular flexibility index (Phi) is 5.29. The van der Waals surface area contributed by atoms with Crippen LogP contribution in [0.1, 0.15) is 16.7 Å². The molecule has 0 spiro atoms. The van der Waals surface area contributed by atoms with Gasteiger partial charge >= 0.3 is 0 Å². The highest BCUT2D eigenvalue weighted by atomic mass is 35.5. The molecule has 2 rings (SSSR count). The topological polar surface area (TPSA) is 43.1 Å². The van der Waals surface area contributed by atoms with Crippen molar-refractivity contribution in [2.24, 2.45) is 5.73 Å². The predicted octanol–water partition coefficient (Wildman–Crippen LogP) is 3.39. The average molecular weight is 312 g/mol. The van der Waals surface area contributed by atoms with E-state index in [0.717, 1.165) is 5.56 Å². The zero-order chi connectivity index (χ0) is 14.5. The molecule has 2 N–H and O–H groups in total. The minimum atomic E-state index is -1.22. The molecule has 0 radical (unpaired) electrons. The average Bonchev–Trinajstić information content (AvgIpc) is 2.44. The minimum absolute atomic E-state index is 0.136. The van der Waals surface area contributed by atoms with Crippen LogP contribution in [0, 0.1) is 5.82 Å². The Morgan fingerprint density at radius 3 is 2.30 bits per heavy atom. The molecule has 0 fully saturated rings. The van der Waals surface area contributed by atoms with Crippen molar-refractivity contribution in [3.05, 3.63) is 70.0 Å². The van der Waals surface area contributed by atoms with E-state index in [1.165, 1.54) is 0 Å². The second-order valence-electron chi connectivity index (χ2n) is 4.41. The Morgan fingerprint density at radius 1 is 1.00 bits per heavy atom. The molecular weight excluding hydrogens is 297 g/mol. The molecule has 20 heavy (non-hydrogen) atoms. The van der Waals surface area contributed by atoms with Crippen LogP contribution in [0.4, 0.5) is 4.39 Å². The molecule has 0 aliphatic heterocycles. The Hall–Kier alpha value is -1.23. The SMILES string of the molecule is NCc1cccc(CS(=O)Cc2ccccc2Cl)c1F. The van der Waals surface area contributed by atoms with E-state index < -0.39 is 10.8 Å². The van der Waals surface area contributed by atoms with Gasteiger partial charge in [0.05, 0.1) is 11.5 Å². The summed E-state index contributed by atoms with van der Waals surface area (Å²) >= 11 is 6.03. The summed E-state index contributed by atoms with van der Waals surface area (Å²) in [5.41, 5.74) is 7.14. The Labute approximate surface area is 125 Å². The molecule has 0 saturated carbocycles. The molecule has 2 aromatic carbocycles. The van der Waals surface area contributed by atoms with Gasteiger partial charge in [-0.2, -0.15) is 0 Å². The zero-order valence-corrected chi connectivity index (χ0v) is 12.4. The van der Waals surface area contributed by atoms with Crippen molar-refractivity contribution in [1.82, 2.24) is 0 Å². The number of hydrogen-bond donors (Lipinski definition) is 1. The van der Waals surface area contributed by atoms with Crippen LogP contribution in [0.15, 0.2) is 42.5 Å². The van der Waals surface area contributed by atoms with Crippen molar-refractivity contribution in [1.29, 1.82) is 0 Å². The maximum absolute atomic E-state index is 14.0. The molecule has 0 aliphatic rings. The van der Waals surface area contributed by atoms with E-state index >= 15 is 0 Å². The van der Waals surface area contributed by atoms with E-state index in [2.05, 4.69) is 0 Å². The van der Waals surface area contributed by atoms with Crippen molar-refractivity contribution in [2.45, 2.75) is 18.1 Å². The van der Waals surface area contributed by atoms with Gasteiger partial charge in [0, 0.05) is 33.5 Å². The van der Waals surface area contributed by atoms with Crippen LogP contribution in [0.5, 0.6) is 0 Å². The first-order valence-corrected chi connectivity index (χ1v) is 8.03. The lowest BCUT2D eigenvalue weighted by atomic mass is 10.1. The van der Waals surface area contributed by atoms with Gasteiger partial charge in [0.1, 0.15) is 5.82 Å².